The highest BCUT2D eigenvalue weighted by Crippen LogP contribution is 2.14. The summed E-state index contributed by atoms with van der Waals surface area (Å²) in [6.45, 7) is 6.14. The second kappa shape index (κ2) is 11.3. The predicted molar refractivity (Wildman–Crippen MR) is 114 cm³/mol. The van der Waals surface area contributed by atoms with Crippen LogP contribution in [-0.4, -0.2) is 58.4 Å². The van der Waals surface area contributed by atoms with Gasteiger partial charge in [0.2, 0.25) is 0 Å². The van der Waals surface area contributed by atoms with E-state index in [1.165, 1.54) is 11.1 Å². The zero-order valence-electron chi connectivity index (χ0n) is 16.8. The van der Waals surface area contributed by atoms with E-state index in [9.17, 15) is 10.2 Å². The average Bonchev–Trinajstić information content (AvgIpc) is 2.74. The summed E-state index contributed by atoms with van der Waals surface area (Å²) in [6, 6.07) is 21.0. The van der Waals surface area contributed by atoms with Gasteiger partial charge in [0.15, 0.2) is 0 Å². The van der Waals surface area contributed by atoms with Gasteiger partial charge in [-0.05, 0) is 36.8 Å². The Hall–Kier alpha value is -1.72. The lowest BCUT2D eigenvalue weighted by Crippen LogP contribution is -2.35. The molecular weight excluding hydrogens is 348 g/mol. The minimum absolute atomic E-state index is 0.0676. The Morgan fingerprint density at radius 2 is 0.893 bits per heavy atom. The molecule has 0 atom stereocenters. The van der Waals surface area contributed by atoms with Gasteiger partial charge in [-0.15, -0.1) is 0 Å². The number of benzene rings is 2. The molecule has 4 rings (SSSR count). The first-order valence-corrected chi connectivity index (χ1v) is 10.6. The van der Waals surface area contributed by atoms with Gasteiger partial charge in [0, 0.05) is 39.3 Å². The van der Waals surface area contributed by atoms with Crippen LogP contribution in [0.25, 0.3) is 0 Å². The molecule has 0 aromatic heterocycles. The van der Waals surface area contributed by atoms with Crippen molar-refractivity contribution >= 4 is 0 Å². The molecule has 2 N–H and O–H groups in total. The number of likely N-dealkylation sites (tertiary alicyclic amines) is 2. The van der Waals surface area contributed by atoms with E-state index < -0.39 is 0 Å². The molecule has 4 heteroatoms. The topological polar surface area (TPSA) is 46.9 Å². The Kier molecular flexibility index (Phi) is 8.49. The lowest BCUT2D eigenvalue weighted by Gasteiger charge is -2.29. The fourth-order valence-electron chi connectivity index (χ4n) is 3.84. The van der Waals surface area contributed by atoms with E-state index in [1.54, 1.807) is 0 Å². The lowest BCUT2D eigenvalue weighted by molar-refractivity contribution is 0.0790. The Bertz CT molecular complexity index is 589. The van der Waals surface area contributed by atoms with E-state index in [1.807, 2.05) is 12.1 Å². The second-order valence-electron chi connectivity index (χ2n) is 7.99. The minimum Gasteiger partial charge on any atom is -0.393 e. The summed E-state index contributed by atoms with van der Waals surface area (Å²) in [4.78, 5) is 4.81. The van der Waals surface area contributed by atoms with Crippen molar-refractivity contribution in [3.63, 3.8) is 0 Å². The van der Waals surface area contributed by atoms with Crippen LogP contribution in [0.2, 0.25) is 0 Å². The molecule has 0 bridgehead atoms. The fourth-order valence-corrected chi connectivity index (χ4v) is 3.84. The van der Waals surface area contributed by atoms with Gasteiger partial charge in [0.1, 0.15) is 0 Å². The molecule has 2 aromatic rings. The van der Waals surface area contributed by atoms with E-state index in [0.29, 0.717) is 0 Å². The second-order valence-corrected chi connectivity index (χ2v) is 7.99. The fraction of sp³-hybridized carbons (Fsp3) is 0.500. The summed E-state index contributed by atoms with van der Waals surface area (Å²) in [5.41, 5.74) is 2.73. The third-order valence-electron chi connectivity index (χ3n) is 5.61. The number of nitrogens with zero attached hydrogens (tertiary/aromatic N) is 2. The van der Waals surface area contributed by atoms with Gasteiger partial charge in [0.05, 0.1) is 12.2 Å². The molecule has 2 heterocycles. The van der Waals surface area contributed by atoms with Gasteiger partial charge in [0.25, 0.3) is 0 Å². The van der Waals surface area contributed by atoms with Crippen molar-refractivity contribution in [1.29, 1.82) is 0 Å². The maximum atomic E-state index is 9.37. The summed E-state index contributed by atoms with van der Waals surface area (Å²) in [5, 5.41) is 18.7. The molecule has 2 fully saturated rings. The van der Waals surface area contributed by atoms with E-state index in [4.69, 9.17) is 0 Å². The lowest BCUT2D eigenvalue weighted by atomic mass is 10.1. The van der Waals surface area contributed by atoms with Crippen molar-refractivity contribution in [2.45, 2.75) is 51.0 Å². The molecule has 0 amide bonds. The van der Waals surface area contributed by atoms with Crippen LogP contribution < -0.4 is 0 Å². The van der Waals surface area contributed by atoms with E-state index in [-0.39, 0.29) is 12.2 Å². The van der Waals surface area contributed by atoms with Gasteiger partial charge >= 0.3 is 0 Å². The molecule has 0 aliphatic carbocycles. The molecule has 0 spiro atoms. The molecule has 2 saturated heterocycles. The van der Waals surface area contributed by atoms with E-state index in [0.717, 1.165) is 65.0 Å². The van der Waals surface area contributed by atoms with Crippen LogP contribution in [0.5, 0.6) is 0 Å². The highest BCUT2D eigenvalue weighted by atomic mass is 16.3. The third kappa shape index (κ3) is 7.36. The molecule has 0 radical (unpaired) electrons. The molecule has 2 aromatic carbocycles. The number of aliphatic hydroxyl groups is 2. The van der Waals surface area contributed by atoms with Crippen molar-refractivity contribution in [3.05, 3.63) is 71.8 Å². The van der Waals surface area contributed by atoms with E-state index in [2.05, 4.69) is 58.3 Å². The summed E-state index contributed by atoms with van der Waals surface area (Å²) in [6.07, 6.45) is 3.56. The molecule has 28 heavy (non-hydrogen) atoms. The van der Waals surface area contributed by atoms with Gasteiger partial charge in [-0.1, -0.05) is 60.7 Å². The Morgan fingerprint density at radius 1 is 0.571 bits per heavy atom. The molecule has 2 aliphatic heterocycles. The quantitative estimate of drug-likeness (QED) is 0.852. The number of hydrogen-bond donors (Lipinski definition) is 2. The first-order valence-electron chi connectivity index (χ1n) is 10.6. The van der Waals surface area contributed by atoms with Gasteiger partial charge in [-0.25, -0.2) is 0 Å². The molecular formula is C24H34N2O2. The van der Waals surface area contributed by atoms with Crippen molar-refractivity contribution in [2.24, 2.45) is 0 Å². The smallest absolute Gasteiger partial charge is 0.0564 e. The average molecular weight is 383 g/mol. The normalized spacial score (nSPS) is 19.8. The summed E-state index contributed by atoms with van der Waals surface area (Å²) in [5.74, 6) is 0. The maximum Gasteiger partial charge on any atom is 0.0564 e. The maximum absolute atomic E-state index is 9.37. The number of hydrogen-bond acceptors (Lipinski definition) is 4. The van der Waals surface area contributed by atoms with E-state index >= 15 is 0 Å². The van der Waals surface area contributed by atoms with Crippen LogP contribution in [0.15, 0.2) is 60.7 Å². The first kappa shape index (κ1) is 21.0. The summed E-state index contributed by atoms with van der Waals surface area (Å²) < 4.78 is 0. The van der Waals surface area contributed by atoms with Crippen LogP contribution in [0, 0.1) is 0 Å². The highest BCUT2D eigenvalue weighted by molar-refractivity contribution is 5.15. The van der Waals surface area contributed by atoms with Crippen molar-refractivity contribution in [3.8, 4) is 0 Å². The third-order valence-corrected chi connectivity index (χ3v) is 5.61. The van der Waals surface area contributed by atoms with Crippen LogP contribution in [0.1, 0.15) is 36.8 Å². The number of rotatable bonds is 4. The zero-order valence-corrected chi connectivity index (χ0v) is 16.8. The first-order chi connectivity index (χ1) is 13.7. The zero-order chi connectivity index (χ0) is 19.6. The van der Waals surface area contributed by atoms with Crippen LogP contribution >= 0.6 is 0 Å². The number of aliphatic hydroxyl groups excluding tert-OH is 2. The Morgan fingerprint density at radius 3 is 1.21 bits per heavy atom. The summed E-state index contributed by atoms with van der Waals surface area (Å²) >= 11 is 0. The van der Waals surface area contributed by atoms with Gasteiger partial charge < -0.3 is 10.2 Å². The molecule has 4 nitrogen and oxygen atoms in total. The predicted octanol–water partition coefficient (Wildman–Crippen LogP) is 3.29. The highest BCUT2D eigenvalue weighted by Gasteiger charge is 2.17. The molecule has 152 valence electrons. The Labute approximate surface area is 169 Å². The molecule has 2 aliphatic rings. The monoisotopic (exact) mass is 382 g/mol. The molecule has 0 unspecified atom stereocenters. The summed E-state index contributed by atoms with van der Waals surface area (Å²) in [7, 11) is 0. The standard InChI is InChI=1S/2C12H17NO/c2*14-12-6-8-13(9-7-12)10-11-4-2-1-3-5-11/h2*1-5,12,14H,6-10H2. The van der Waals surface area contributed by atoms with Crippen LogP contribution in [-0.2, 0) is 13.1 Å². The van der Waals surface area contributed by atoms with Crippen molar-refractivity contribution < 1.29 is 10.2 Å². The minimum atomic E-state index is -0.0676. The largest absolute Gasteiger partial charge is 0.393 e. The van der Waals surface area contributed by atoms with Crippen molar-refractivity contribution in [2.75, 3.05) is 26.2 Å². The number of piperidine rings is 2. The van der Waals surface area contributed by atoms with Gasteiger partial charge in [-0.3, -0.25) is 9.80 Å². The Balaban J connectivity index is 0.000000161. The molecule has 0 saturated carbocycles. The van der Waals surface area contributed by atoms with Gasteiger partial charge in [-0.2, -0.15) is 0 Å². The van der Waals surface area contributed by atoms with Crippen LogP contribution in [0.3, 0.4) is 0 Å². The van der Waals surface area contributed by atoms with Crippen LogP contribution in [0.4, 0.5) is 0 Å². The van der Waals surface area contributed by atoms with Crippen molar-refractivity contribution in [1.82, 2.24) is 9.80 Å². The SMILES string of the molecule is OC1CCN(Cc2ccccc2)CC1.OC1CCN(Cc2ccccc2)CC1.